The van der Waals surface area contributed by atoms with Crippen molar-refractivity contribution < 1.29 is 14.3 Å². The number of rotatable bonds is 5. The van der Waals surface area contributed by atoms with Gasteiger partial charge < -0.3 is 9.47 Å². The lowest BCUT2D eigenvalue weighted by atomic mass is 10.1. The second-order valence-electron chi connectivity index (χ2n) is 7.03. The molecule has 0 aromatic heterocycles. The number of hydrogen-bond acceptors (Lipinski definition) is 4. The molecule has 0 saturated carbocycles. The summed E-state index contributed by atoms with van der Waals surface area (Å²) in [5.74, 6) is 1.69. The van der Waals surface area contributed by atoms with Crippen molar-refractivity contribution in [2.75, 3.05) is 19.1 Å². The first-order valence-electron chi connectivity index (χ1n) is 9.70. The van der Waals surface area contributed by atoms with Crippen LogP contribution in [0.5, 0.6) is 11.5 Å². The van der Waals surface area contributed by atoms with Crippen LogP contribution < -0.4 is 14.4 Å². The lowest BCUT2D eigenvalue weighted by Gasteiger charge is -2.20. The van der Waals surface area contributed by atoms with E-state index < -0.39 is 0 Å². The Morgan fingerprint density at radius 2 is 1.77 bits per heavy atom. The second-order valence-corrected chi connectivity index (χ2v) is 7.89. The SMILES string of the molecule is COc1cccc(C2=NC(=Cc3ccccc3OC)C(=O)N2c2ccc(C)cc2Br)c1. The fraction of sp³-hybridized carbons (Fsp3) is 0.120. The summed E-state index contributed by atoms with van der Waals surface area (Å²) < 4.78 is 11.6. The smallest absolute Gasteiger partial charge is 0.282 e. The van der Waals surface area contributed by atoms with Gasteiger partial charge in [0.2, 0.25) is 0 Å². The predicted octanol–water partition coefficient (Wildman–Crippen LogP) is 5.61. The molecule has 0 atom stereocenters. The molecule has 4 rings (SSSR count). The number of amides is 1. The van der Waals surface area contributed by atoms with Crippen LogP contribution in [0.25, 0.3) is 6.08 Å². The summed E-state index contributed by atoms with van der Waals surface area (Å²) >= 11 is 3.61. The van der Waals surface area contributed by atoms with Gasteiger partial charge in [0.15, 0.2) is 0 Å². The van der Waals surface area contributed by atoms with E-state index >= 15 is 0 Å². The number of halogens is 1. The van der Waals surface area contributed by atoms with Gasteiger partial charge in [0.05, 0.1) is 19.9 Å². The highest BCUT2D eigenvalue weighted by Gasteiger charge is 2.34. The van der Waals surface area contributed by atoms with Crippen LogP contribution in [0.15, 0.2) is 81.9 Å². The molecule has 6 heteroatoms. The number of para-hydroxylation sites is 1. The molecule has 0 unspecified atom stereocenters. The minimum Gasteiger partial charge on any atom is -0.497 e. The normalized spacial score (nSPS) is 14.7. The van der Waals surface area contributed by atoms with E-state index in [1.165, 1.54) is 0 Å². The first kappa shape index (κ1) is 20.9. The molecular formula is C25H21BrN2O3. The van der Waals surface area contributed by atoms with Crippen LogP contribution in [-0.4, -0.2) is 26.0 Å². The summed E-state index contributed by atoms with van der Waals surface area (Å²) in [7, 11) is 3.22. The van der Waals surface area contributed by atoms with Gasteiger partial charge in [0.1, 0.15) is 23.0 Å². The second kappa shape index (κ2) is 8.78. The third-order valence-corrected chi connectivity index (χ3v) is 5.60. The third kappa shape index (κ3) is 4.11. The quantitative estimate of drug-likeness (QED) is 0.449. The third-order valence-electron chi connectivity index (χ3n) is 4.96. The number of benzene rings is 3. The Kier molecular flexibility index (Phi) is 5.91. The number of amidine groups is 1. The predicted molar refractivity (Wildman–Crippen MR) is 127 cm³/mol. The van der Waals surface area contributed by atoms with Crippen LogP contribution in [0.1, 0.15) is 16.7 Å². The lowest BCUT2D eigenvalue weighted by Crippen LogP contribution is -2.33. The molecule has 3 aromatic carbocycles. The number of aliphatic imine (C=N–C) groups is 1. The molecule has 5 nitrogen and oxygen atoms in total. The molecule has 156 valence electrons. The van der Waals surface area contributed by atoms with E-state index in [0.29, 0.717) is 23.0 Å². The number of ether oxygens (including phenoxy) is 2. The van der Waals surface area contributed by atoms with E-state index in [2.05, 4.69) is 15.9 Å². The highest BCUT2D eigenvalue weighted by Crippen LogP contribution is 2.35. The first-order chi connectivity index (χ1) is 15.0. The van der Waals surface area contributed by atoms with E-state index in [9.17, 15) is 4.79 Å². The van der Waals surface area contributed by atoms with Crippen LogP contribution >= 0.6 is 15.9 Å². The highest BCUT2D eigenvalue weighted by atomic mass is 79.9. The molecule has 0 aliphatic carbocycles. The van der Waals surface area contributed by atoms with Crippen molar-refractivity contribution in [1.82, 2.24) is 0 Å². The number of carbonyl (C=O) groups excluding carboxylic acids is 1. The van der Waals surface area contributed by atoms with Crippen molar-refractivity contribution in [3.05, 3.63) is 93.6 Å². The Morgan fingerprint density at radius 1 is 0.968 bits per heavy atom. The van der Waals surface area contributed by atoms with E-state index in [-0.39, 0.29) is 5.91 Å². The zero-order valence-corrected chi connectivity index (χ0v) is 19.0. The maximum atomic E-state index is 13.5. The van der Waals surface area contributed by atoms with Crippen LogP contribution in [0.4, 0.5) is 5.69 Å². The molecule has 1 aliphatic rings. The standard InChI is InChI=1S/C25H21BrN2O3/c1-16-11-12-22(20(26)13-16)28-24(18-8-6-9-19(14-18)30-2)27-21(25(28)29)15-17-7-4-5-10-23(17)31-3/h4-15H,1-3H3. The van der Waals surface area contributed by atoms with Crippen molar-refractivity contribution in [2.45, 2.75) is 6.92 Å². The van der Waals surface area contributed by atoms with Gasteiger partial charge in [-0.25, -0.2) is 4.99 Å². The fourth-order valence-electron chi connectivity index (χ4n) is 3.42. The minimum atomic E-state index is -0.215. The largest absolute Gasteiger partial charge is 0.497 e. The number of aryl methyl sites for hydroxylation is 1. The maximum Gasteiger partial charge on any atom is 0.282 e. The van der Waals surface area contributed by atoms with Crippen LogP contribution in [0, 0.1) is 6.92 Å². The maximum absolute atomic E-state index is 13.5. The molecule has 0 spiro atoms. The van der Waals surface area contributed by atoms with Gasteiger partial charge in [-0.15, -0.1) is 0 Å². The Morgan fingerprint density at radius 3 is 2.52 bits per heavy atom. The minimum absolute atomic E-state index is 0.215. The number of methoxy groups -OCH3 is 2. The summed E-state index contributed by atoms with van der Waals surface area (Å²) in [6.45, 7) is 2.00. The van der Waals surface area contributed by atoms with Crippen molar-refractivity contribution in [1.29, 1.82) is 0 Å². The topological polar surface area (TPSA) is 51.1 Å². The molecule has 1 aliphatic heterocycles. The number of carbonyl (C=O) groups is 1. The Labute approximate surface area is 189 Å². The summed E-state index contributed by atoms with van der Waals surface area (Å²) in [6, 6.07) is 20.9. The molecule has 3 aromatic rings. The van der Waals surface area contributed by atoms with Crippen LogP contribution in [0.2, 0.25) is 0 Å². The molecule has 1 amide bonds. The number of anilines is 1. The van der Waals surface area contributed by atoms with Gasteiger partial charge in [-0.1, -0.05) is 36.4 Å². The average molecular weight is 477 g/mol. The van der Waals surface area contributed by atoms with E-state index in [1.54, 1.807) is 25.2 Å². The molecule has 0 fully saturated rings. The van der Waals surface area contributed by atoms with Gasteiger partial charge in [0, 0.05) is 15.6 Å². The molecular weight excluding hydrogens is 456 g/mol. The van der Waals surface area contributed by atoms with Gasteiger partial charge in [-0.3, -0.25) is 9.69 Å². The summed E-state index contributed by atoms with van der Waals surface area (Å²) in [4.78, 5) is 19.9. The molecule has 0 N–H and O–H groups in total. The van der Waals surface area contributed by atoms with E-state index in [1.807, 2.05) is 73.7 Å². The van der Waals surface area contributed by atoms with E-state index in [4.69, 9.17) is 14.5 Å². The molecule has 1 heterocycles. The van der Waals surface area contributed by atoms with Gasteiger partial charge in [-0.05, 0) is 64.8 Å². The molecule has 0 bridgehead atoms. The Bertz CT molecular complexity index is 1220. The number of nitrogens with zero attached hydrogens (tertiary/aromatic N) is 2. The monoisotopic (exact) mass is 476 g/mol. The van der Waals surface area contributed by atoms with Gasteiger partial charge in [-0.2, -0.15) is 0 Å². The van der Waals surface area contributed by atoms with Gasteiger partial charge >= 0.3 is 0 Å². The summed E-state index contributed by atoms with van der Waals surface area (Å²) in [5, 5.41) is 0. The molecule has 0 radical (unpaired) electrons. The summed E-state index contributed by atoms with van der Waals surface area (Å²) in [5.41, 5.74) is 3.71. The zero-order valence-electron chi connectivity index (χ0n) is 17.4. The van der Waals surface area contributed by atoms with Crippen LogP contribution in [0.3, 0.4) is 0 Å². The average Bonchev–Trinajstić information content (AvgIpc) is 3.10. The zero-order chi connectivity index (χ0) is 22.0. The lowest BCUT2D eigenvalue weighted by molar-refractivity contribution is -0.113. The van der Waals surface area contributed by atoms with Crippen molar-refractivity contribution in [3.8, 4) is 11.5 Å². The highest BCUT2D eigenvalue weighted by molar-refractivity contribution is 9.10. The van der Waals surface area contributed by atoms with E-state index in [0.717, 1.165) is 26.9 Å². The van der Waals surface area contributed by atoms with Gasteiger partial charge in [0.25, 0.3) is 5.91 Å². The number of hydrogen-bond donors (Lipinski definition) is 0. The van der Waals surface area contributed by atoms with Crippen molar-refractivity contribution >= 4 is 39.4 Å². The summed E-state index contributed by atoms with van der Waals surface area (Å²) in [6.07, 6.45) is 1.75. The Balaban J connectivity index is 1.88. The Hall–Kier alpha value is -3.38. The van der Waals surface area contributed by atoms with Crippen molar-refractivity contribution in [2.24, 2.45) is 4.99 Å². The molecule has 31 heavy (non-hydrogen) atoms. The fourth-order valence-corrected chi connectivity index (χ4v) is 4.09. The van der Waals surface area contributed by atoms with Crippen LogP contribution in [-0.2, 0) is 4.79 Å². The molecule has 0 saturated heterocycles. The first-order valence-corrected chi connectivity index (χ1v) is 10.5. The van der Waals surface area contributed by atoms with Crippen molar-refractivity contribution in [3.63, 3.8) is 0 Å².